The van der Waals surface area contributed by atoms with Crippen molar-refractivity contribution in [2.45, 2.75) is 6.29 Å². The molecule has 0 fully saturated rings. The lowest BCUT2D eigenvalue weighted by Crippen LogP contribution is -2.04. The molecular weight excluding hydrogens is 96.0 g/mol. The first-order valence-corrected chi connectivity index (χ1v) is 1.86. The first kappa shape index (κ1) is 4.33. The Labute approximate surface area is 40.2 Å². The Bertz CT molecular complexity index is 116. The summed E-state index contributed by atoms with van der Waals surface area (Å²) in [6, 6.07) is 0. The minimum Gasteiger partial charge on any atom is -0.429 e. The summed E-state index contributed by atoms with van der Waals surface area (Å²) >= 11 is 0. The molecule has 0 spiro atoms. The van der Waals surface area contributed by atoms with E-state index in [1.807, 2.05) is 0 Å². The number of cyclic esters (lactones) is 1. The summed E-state index contributed by atoms with van der Waals surface area (Å²) in [5.74, 6) is -0.479. The molecule has 3 nitrogen and oxygen atoms in total. The molecule has 1 heterocycles. The van der Waals surface area contributed by atoms with E-state index in [2.05, 4.69) is 4.74 Å². The second kappa shape index (κ2) is 1.35. The van der Waals surface area contributed by atoms with Gasteiger partial charge in [0.1, 0.15) is 0 Å². The van der Waals surface area contributed by atoms with E-state index in [-0.39, 0.29) is 0 Å². The zero-order valence-electron chi connectivity index (χ0n) is 3.50. The fraction of sp³-hybridized carbons (Fsp3) is 0.250. The molecule has 0 saturated heterocycles. The van der Waals surface area contributed by atoms with E-state index in [4.69, 9.17) is 5.11 Å². The molecule has 1 N–H and O–H groups in total. The quantitative estimate of drug-likeness (QED) is 0.414. The van der Waals surface area contributed by atoms with Crippen LogP contribution in [0.4, 0.5) is 0 Å². The normalized spacial score (nSPS) is 28.1. The van der Waals surface area contributed by atoms with Gasteiger partial charge in [0.2, 0.25) is 6.29 Å². The lowest BCUT2D eigenvalue weighted by atomic mass is 10.5. The Balaban J connectivity index is 2.58. The van der Waals surface area contributed by atoms with Crippen LogP contribution in [0.25, 0.3) is 0 Å². The SMILES string of the molecule is O=C1C=C[C@H](O)O1. The van der Waals surface area contributed by atoms with Crippen LogP contribution in [0, 0.1) is 0 Å². The molecule has 1 aliphatic heterocycles. The Kier molecular flexibility index (Phi) is 0.834. The highest BCUT2D eigenvalue weighted by Gasteiger charge is 2.10. The highest BCUT2D eigenvalue weighted by molar-refractivity contribution is 5.84. The van der Waals surface area contributed by atoms with Crippen molar-refractivity contribution < 1.29 is 14.6 Å². The van der Waals surface area contributed by atoms with Crippen LogP contribution < -0.4 is 0 Å². The second-order valence-electron chi connectivity index (χ2n) is 1.19. The summed E-state index contributed by atoms with van der Waals surface area (Å²) in [6.45, 7) is 0. The molecule has 7 heavy (non-hydrogen) atoms. The van der Waals surface area contributed by atoms with Gasteiger partial charge in [0, 0.05) is 6.08 Å². The topological polar surface area (TPSA) is 46.5 Å². The zero-order valence-corrected chi connectivity index (χ0v) is 3.50. The molecule has 0 aromatic rings. The third-order valence-electron chi connectivity index (χ3n) is 0.634. The van der Waals surface area contributed by atoms with Crippen LogP contribution >= 0.6 is 0 Å². The van der Waals surface area contributed by atoms with Gasteiger partial charge < -0.3 is 9.84 Å². The number of hydrogen-bond donors (Lipinski definition) is 1. The number of carbonyl (C=O) groups excluding carboxylic acids is 1. The van der Waals surface area contributed by atoms with Crippen LogP contribution in [-0.4, -0.2) is 17.4 Å². The van der Waals surface area contributed by atoms with Gasteiger partial charge in [-0.3, -0.25) is 0 Å². The summed E-state index contributed by atoms with van der Waals surface area (Å²) in [6.07, 6.45) is 1.46. The zero-order chi connectivity index (χ0) is 5.28. The number of rotatable bonds is 0. The Morgan fingerprint density at radius 1 is 1.86 bits per heavy atom. The van der Waals surface area contributed by atoms with Crippen LogP contribution in [0.5, 0.6) is 0 Å². The molecule has 1 rings (SSSR count). The summed E-state index contributed by atoms with van der Waals surface area (Å²) < 4.78 is 4.17. The molecule has 0 unspecified atom stereocenters. The Morgan fingerprint density at radius 2 is 2.57 bits per heavy atom. The largest absolute Gasteiger partial charge is 0.429 e. The number of hydrogen-bond acceptors (Lipinski definition) is 3. The molecule has 0 saturated carbocycles. The number of aliphatic hydroxyl groups excluding tert-OH is 1. The number of esters is 1. The van der Waals surface area contributed by atoms with Crippen molar-refractivity contribution in [2.75, 3.05) is 0 Å². The smallest absolute Gasteiger partial charge is 0.333 e. The molecule has 0 aromatic heterocycles. The average Bonchev–Trinajstić information content (AvgIpc) is 1.87. The highest BCUT2D eigenvalue weighted by atomic mass is 16.6. The first-order valence-electron chi connectivity index (χ1n) is 1.86. The lowest BCUT2D eigenvalue weighted by molar-refractivity contribution is -0.150. The lowest BCUT2D eigenvalue weighted by Gasteiger charge is -1.94. The number of aliphatic hydroxyl groups is 1. The van der Waals surface area contributed by atoms with Crippen molar-refractivity contribution in [1.82, 2.24) is 0 Å². The van der Waals surface area contributed by atoms with E-state index in [0.29, 0.717) is 0 Å². The summed E-state index contributed by atoms with van der Waals surface area (Å²) in [5, 5.41) is 8.37. The van der Waals surface area contributed by atoms with Gasteiger partial charge in [0.05, 0.1) is 0 Å². The fourth-order valence-electron chi connectivity index (χ4n) is 0.358. The van der Waals surface area contributed by atoms with Crippen LogP contribution in [0.2, 0.25) is 0 Å². The predicted molar refractivity (Wildman–Crippen MR) is 21.2 cm³/mol. The van der Waals surface area contributed by atoms with Crippen LogP contribution in [0.3, 0.4) is 0 Å². The van der Waals surface area contributed by atoms with Gasteiger partial charge in [-0.1, -0.05) is 0 Å². The van der Waals surface area contributed by atoms with Crippen molar-refractivity contribution >= 4 is 5.97 Å². The molecule has 1 atom stereocenters. The minimum atomic E-state index is -1.01. The van der Waals surface area contributed by atoms with Crippen LogP contribution in [0.1, 0.15) is 0 Å². The predicted octanol–water partition coefficient (Wildman–Crippen LogP) is -0.582. The van der Waals surface area contributed by atoms with E-state index in [1.54, 1.807) is 0 Å². The molecule has 0 bridgehead atoms. The molecule has 38 valence electrons. The Morgan fingerprint density at radius 3 is 2.71 bits per heavy atom. The van der Waals surface area contributed by atoms with Crippen molar-refractivity contribution in [3.8, 4) is 0 Å². The number of carbonyl (C=O) groups is 1. The maximum Gasteiger partial charge on any atom is 0.333 e. The molecule has 1 aliphatic rings. The average molecular weight is 100 g/mol. The first-order chi connectivity index (χ1) is 3.29. The van der Waals surface area contributed by atoms with Crippen LogP contribution in [0.15, 0.2) is 12.2 Å². The van der Waals surface area contributed by atoms with Crippen LogP contribution in [-0.2, 0) is 9.53 Å². The second-order valence-corrected chi connectivity index (χ2v) is 1.19. The minimum absolute atomic E-state index is 0.479. The van der Waals surface area contributed by atoms with Crippen molar-refractivity contribution in [3.63, 3.8) is 0 Å². The number of ether oxygens (including phenoxy) is 1. The molecule has 0 radical (unpaired) electrons. The summed E-state index contributed by atoms with van der Waals surface area (Å²) in [5.41, 5.74) is 0. The van der Waals surface area contributed by atoms with Crippen molar-refractivity contribution in [2.24, 2.45) is 0 Å². The third-order valence-corrected chi connectivity index (χ3v) is 0.634. The maximum absolute atomic E-state index is 9.98. The standard InChI is InChI=1S/C4H4O3/c5-3-1-2-4(6)7-3/h1-3,5H/t3-/m1/s1. The molecule has 0 amide bonds. The van der Waals surface area contributed by atoms with E-state index in [1.165, 1.54) is 12.2 Å². The molecular formula is C4H4O3. The van der Waals surface area contributed by atoms with Gasteiger partial charge in [-0.2, -0.15) is 0 Å². The van der Waals surface area contributed by atoms with Crippen molar-refractivity contribution in [3.05, 3.63) is 12.2 Å². The van der Waals surface area contributed by atoms with E-state index >= 15 is 0 Å². The fourth-order valence-corrected chi connectivity index (χ4v) is 0.358. The monoisotopic (exact) mass is 100 g/mol. The van der Waals surface area contributed by atoms with E-state index in [9.17, 15) is 4.79 Å². The maximum atomic E-state index is 9.98. The van der Waals surface area contributed by atoms with Gasteiger partial charge in [0.15, 0.2) is 0 Å². The van der Waals surface area contributed by atoms with Gasteiger partial charge in [0.25, 0.3) is 0 Å². The molecule has 0 aromatic carbocycles. The van der Waals surface area contributed by atoms with Gasteiger partial charge in [-0.05, 0) is 6.08 Å². The molecule has 3 heteroatoms. The van der Waals surface area contributed by atoms with Gasteiger partial charge in [-0.15, -0.1) is 0 Å². The van der Waals surface area contributed by atoms with Crippen molar-refractivity contribution in [1.29, 1.82) is 0 Å². The highest BCUT2D eigenvalue weighted by Crippen LogP contribution is 1.98. The third kappa shape index (κ3) is 0.778. The van der Waals surface area contributed by atoms with Gasteiger partial charge in [-0.25, -0.2) is 4.79 Å². The van der Waals surface area contributed by atoms with E-state index in [0.717, 1.165) is 0 Å². The van der Waals surface area contributed by atoms with E-state index < -0.39 is 12.3 Å². The molecule has 0 aliphatic carbocycles. The Hall–Kier alpha value is -0.830. The summed E-state index contributed by atoms with van der Waals surface area (Å²) in [7, 11) is 0. The summed E-state index contributed by atoms with van der Waals surface area (Å²) in [4.78, 5) is 9.98. The van der Waals surface area contributed by atoms with Gasteiger partial charge >= 0.3 is 5.97 Å².